The minimum Gasteiger partial charge on any atom is -0.494 e. The second-order valence-corrected chi connectivity index (χ2v) is 8.51. The summed E-state index contributed by atoms with van der Waals surface area (Å²) < 4.78 is 5.71. The fourth-order valence-corrected chi connectivity index (χ4v) is 4.10. The molecule has 32 heavy (non-hydrogen) atoms. The normalized spacial score (nSPS) is 10.9. The molecule has 0 aliphatic heterocycles. The van der Waals surface area contributed by atoms with Crippen molar-refractivity contribution in [2.75, 3.05) is 6.54 Å². The number of rotatable bonds is 8. The van der Waals surface area contributed by atoms with Crippen molar-refractivity contribution < 1.29 is 14.3 Å². The van der Waals surface area contributed by atoms with Crippen LogP contribution in [-0.4, -0.2) is 27.5 Å². The quantitative estimate of drug-likeness (QED) is 0.381. The van der Waals surface area contributed by atoms with Crippen molar-refractivity contribution in [3.8, 4) is 17.3 Å². The summed E-state index contributed by atoms with van der Waals surface area (Å²) in [6, 6.07) is 17.5. The molecule has 0 saturated heterocycles. The highest BCUT2D eigenvalue weighted by Crippen LogP contribution is 2.22. The molecule has 4 rings (SSSR count). The molecule has 7 nitrogen and oxygen atoms in total. The maximum Gasteiger partial charge on any atom is 0.307 e. The number of carbonyl (C=O) groups excluding carboxylic acids is 1. The summed E-state index contributed by atoms with van der Waals surface area (Å²) >= 11 is 1.01. The maximum atomic E-state index is 12.3. The first-order chi connectivity index (χ1) is 15.5. The third-order valence-corrected chi connectivity index (χ3v) is 5.94. The van der Waals surface area contributed by atoms with Gasteiger partial charge in [-0.05, 0) is 36.6 Å². The summed E-state index contributed by atoms with van der Waals surface area (Å²) in [5.41, 5.74) is 3.61. The molecule has 2 heterocycles. The summed E-state index contributed by atoms with van der Waals surface area (Å²) in [5.74, 6) is 1.000. The van der Waals surface area contributed by atoms with Gasteiger partial charge in [0.2, 0.25) is 17.7 Å². The Balaban J connectivity index is 1.26. The van der Waals surface area contributed by atoms with Crippen LogP contribution in [-0.2, 0) is 24.1 Å². The fourth-order valence-electron chi connectivity index (χ4n) is 3.34. The third-order valence-electron chi connectivity index (χ3n) is 5.07. The third kappa shape index (κ3) is 5.33. The van der Waals surface area contributed by atoms with Crippen LogP contribution in [0, 0.1) is 6.92 Å². The van der Waals surface area contributed by atoms with Crippen molar-refractivity contribution in [2.45, 2.75) is 26.2 Å². The van der Waals surface area contributed by atoms with E-state index in [1.54, 1.807) is 0 Å². The summed E-state index contributed by atoms with van der Waals surface area (Å²) in [6.07, 6.45) is 1.36. The van der Waals surface area contributed by atoms with Crippen molar-refractivity contribution in [1.82, 2.24) is 15.3 Å². The number of nitrogens with one attached hydrogen (secondary N) is 2. The van der Waals surface area contributed by atoms with E-state index in [1.165, 1.54) is 0 Å². The van der Waals surface area contributed by atoms with Crippen LogP contribution in [0.2, 0.25) is 0 Å². The van der Waals surface area contributed by atoms with Gasteiger partial charge in [-0.3, -0.25) is 14.6 Å². The van der Waals surface area contributed by atoms with Gasteiger partial charge in [0.25, 0.3) is 0 Å². The van der Waals surface area contributed by atoms with Crippen molar-refractivity contribution in [1.29, 1.82) is 0 Å². The predicted octanol–water partition coefficient (Wildman–Crippen LogP) is 3.60. The van der Waals surface area contributed by atoms with Crippen LogP contribution < -0.4 is 10.2 Å². The van der Waals surface area contributed by atoms with Gasteiger partial charge in [0.05, 0.1) is 17.0 Å². The number of hydrogen-bond donors (Lipinski definition) is 3. The predicted molar refractivity (Wildman–Crippen MR) is 123 cm³/mol. The van der Waals surface area contributed by atoms with Crippen molar-refractivity contribution in [3.05, 3.63) is 91.7 Å². The SMILES string of the molecule is Cc1oc(-c2ccccc2)nc1CC(=O)NCCc1ccc(Cc2sc(=O)[nH]c2O)cc1. The first-order valence-electron chi connectivity index (χ1n) is 10.2. The standard InChI is InChI=1S/C24H23N3O4S/c1-15-19(26-23(31-15)18-5-3-2-4-6-18)14-21(28)25-12-11-16-7-9-17(10-8-16)13-20-22(29)27-24(30)32-20/h2-10,29H,11-14H2,1H3,(H,25,28)(H,27,30). The summed E-state index contributed by atoms with van der Waals surface area (Å²) in [6.45, 7) is 2.33. The lowest BCUT2D eigenvalue weighted by Gasteiger charge is -2.06. The molecule has 0 radical (unpaired) electrons. The Morgan fingerprint density at radius 1 is 1.12 bits per heavy atom. The van der Waals surface area contributed by atoms with E-state index < -0.39 is 0 Å². The molecular weight excluding hydrogens is 426 g/mol. The minimum atomic E-state index is -0.262. The second-order valence-electron chi connectivity index (χ2n) is 7.44. The number of thiazole rings is 1. The lowest BCUT2D eigenvalue weighted by atomic mass is 10.1. The highest BCUT2D eigenvalue weighted by atomic mass is 32.1. The van der Waals surface area contributed by atoms with E-state index in [9.17, 15) is 14.7 Å². The van der Waals surface area contributed by atoms with E-state index in [1.807, 2.05) is 61.5 Å². The number of aromatic nitrogens is 2. The number of aromatic hydroxyl groups is 1. The van der Waals surface area contributed by atoms with E-state index in [2.05, 4.69) is 15.3 Å². The molecule has 0 bridgehead atoms. The Morgan fingerprint density at radius 3 is 2.53 bits per heavy atom. The topological polar surface area (TPSA) is 108 Å². The second kappa shape index (κ2) is 9.65. The smallest absolute Gasteiger partial charge is 0.307 e. The Bertz CT molecular complexity index is 1260. The molecule has 1 amide bonds. The number of carbonyl (C=O) groups is 1. The van der Waals surface area contributed by atoms with Crippen LogP contribution in [0.5, 0.6) is 5.88 Å². The first-order valence-corrected chi connectivity index (χ1v) is 11.1. The number of hydrogen-bond acceptors (Lipinski definition) is 6. The minimum absolute atomic E-state index is 0.0648. The first kappa shape index (κ1) is 21.6. The van der Waals surface area contributed by atoms with Crippen molar-refractivity contribution >= 4 is 17.2 Å². The van der Waals surface area contributed by atoms with Gasteiger partial charge in [-0.1, -0.05) is 53.8 Å². The van der Waals surface area contributed by atoms with Gasteiger partial charge < -0.3 is 14.8 Å². The number of aromatic amines is 1. The van der Waals surface area contributed by atoms with E-state index in [4.69, 9.17) is 4.42 Å². The van der Waals surface area contributed by atoms with Crippen LogP contribution >= 0.6 is 11.3 Å². The van der Waals surface area contributed by atoms with Crippen LogP contribution in [0.1, 0.15) is 27.5 Å². The number of benzene rings is 2. The van der Waals surface area contributed by atoms with Gasteiger partial charge in [0.15, 0.2) is 0 Å². The van der Waals surface area contributed by atoms with Crippen LogP contribution in [0.25, 0.3) is 11.5 Å². The largest absolute Gasteiger partial charge is 0.494 e. The molecule has 0 unspecified atom stereocenters. The number of amides is 1. The van der Waals surface area contributed by atoms with Gasteiger partial charge in [0, 0.05) is 18.5 Å². The molecule has 0 aliphatic rings. The highest BCUT2D eigenvalue weighted by Gasteiger charge is 2.14. The summed E-state index contributed by atoms with van der Waals surface area (Å²) in [7, 11) is 0. The van der Waals surface area contributed by atoms with Gasteiger partial charge in [0.1, 0.15) is 5.76 Å². The molecule has 0 aliphatic carbocycles. The molecule has 2 aromatic heterocycles. The van der Waals surface area contributed by atoms with Gasteiger partial charge >= 0.3 is 4.87 Å². The monoisotopic (exact) mass is 449 g/mol. The van der Waals surface area contributed by atoms with Gasteiger partial charge in [-0.25, -0.2) is 4.98 Å². The Hall–Kier alpha value is -3.65. The number of H-pyrrole nitrogens is 1. The van der Waals surface area contributed by atoms with Crippen molar-refractivity contribution in [3.63, 3.8) is 0 Å². The number of oxazole rings is 1. The number of nitrogens with zero attached hydrogens (tertiary/aromatic N) is 1. The molecule has 0 fully saturated rings. The molecule has 3 N–H and O–H groups in total. The lowest BCUT2D eigenvalue weighted by Crippen LogP contribution is -2.27. The Labute approximate surface area is 188 Å². The molecule has 164 valence electrons. The van der Waals surface area contributed by atoms with E-state index >= 15 is 0 Å². The van der Waals surface area contributed by atoms with E-state index in [0.717, 1.165) is 28.0 Å². The molecule has 0 atom stereocenters. The average molecular weight is 450 g/mol. The zero-order chi connectivity index (χ0) is 22.5. The Morgan fingerprint density at radius 2 is 1.84 bits per heavy atom. The van der Waals surface area contributed by atoms with Crippen LogP contribution in [0.3, 0.4) is 0 Å². The average Bonchev–Trinajstić information content (AvgIpc) is 3.30. The lowest BCUT2D eigenvalue weighted by molar-refractivity contribution is -0.120. The molecule has 8 heteroatoms. The van der Waals surface area contributed by atoms with Crippen LogP contribution in [0.15, 0.2) is 63.8 Å². The molecular formula is C24H23N3O4S. The maximum absolute atomic E-state index is 12.3. The zero-order valence-electron chi connectivity index (χ0n) is 17.6. The molecule has 2 aromatic carbocycles. The molecule has 0 saturated carbocycles. The van der Waals surface area contributed by atoms with E-state index in [0.29, 0.717) is 41.6 Å². The van der Waals surface area contributed by atoms with Crippen LogP contribution in [0.4, 0.5) is 0 Å². The molecule has 4 aromatic rings. The van der Waals surface area contributed by atoms with Gasteiger partial charge in [-0.15, -0.1) is 0 Å². The molecule has 0 spiro atoms. The van der Waals surface area contributed by atoms with Gasteiger partial charge in [-0.2, -0.15) is 0 Å². The summed E-state index contributed by atoms with van der Waals surface area (Å²) in [4.78, 5) is 30.8. The fraction of sp³-hybridized carbons (Fsp3) is 0.208. The highest BCUT2D eigenvalue weighted by molar-refractivity contribution is 7.09. The van der Waals surface area contributed by atoms with E-state index in [-0.39, 0.29) is 23.1 Å². The zero-order valence-corrected chi connectivity index (χ0v) is 18.4. The summed E-state index contributed by atoms with van der Waals surface area (Å²) in [5, 5.41) is 12.6. The number of aryl methyl sites for hydroxylation is 1. The Kier molecular flexibility index (Phi) is 6.51. The van der Waals surface area contributed by atoms with Crippen molar-refractivity contribution in [2.24, 2.45) is 0 Å².